The third kappa shape index (κ3) is 5.01. The summed E-state index contributed by atoms with van der Waals surface area (Å²) in [6, 6.07) is 3.83. The summed E-state index contributed by atoms with van der Waals surface area (Å²) < 4.78 is 11.3. The van der Waals surface area contributed by atoms with Gasteiger partial charge in [0.25, 0.3) is 0 Å². The third-order valence-corrected chi connectivity index (χ3v) is 2.64. The van der Waals surface area contributed by atoms with E-state index in [-0.39, 0.29) is 18.0 Å². The average Bonchev–Trinajstić information content (AvgIpc) is 2.30. The second kappa shape index (κ2) is 7.27. The molecule has 0 aromatic heterocycles. The molecule has 1 rings (SSSR count). The van der Waals surface area contributed by atoms with Crippen LogP contribution in [0, 0.1) is 0 Å². The molecular formula is C16H26O3. The molecule has 1 aromatic rings. The standard InChI is InChI=1S/C16H26O3/c1-6-7-8-13-9-14(18-11(2)3)16(17)15(10-13)19-12(4)5/h9-12,17H,6-8H2,1-5H3. The Morgan fingerprint density at radius 3 is 1.84 bits per heavy atom. The van der Waals surface area contributed by atoms with Crippen LogP contribution in [0.5, 0.6) is 17.2 Å². The van der Waals surface area contributed by atoms with Gasteiger partial charge < -0.3 is 14.6 Å². The smallest absolute Gasteiger partial charge is 0.200 e. The first-order valence-electron chi connectivity index (χ1n) is 7.13. The molecule has 0 unspecified atom stereocenters. The van der Waals surface area contributed by atoms with Crippen molar-refractivity contribution >= 4 is 0 Å². The van der Waals surface area contributed by atoms with E-state index in [1.54, 1.807) is 0 Å². The summed E-state index contributed by atoms with van der Waals surface area (Å²) in [7, 11) is 0. The fourth-order valence-electron chi connectivity index (χ4n) is 1.85. The van der Waals surface area contributed by atoms with E-state index in [1.165, 1.54) is 0 Å². The van der Waals surface area contributed by atoms with Crippen molar-refractivity contribution in [3.63, 3.8) is 0 Å². The minimum atomic E-state index is 0.0271. The normalized spacial score (nSPS) is 11.1. The number of hydrogen-bond donors (Lipinski definition) is 1. The van der Waals surface area contributed by atoms with E-state index in [1.807, 2.05) is 39.8 Å². The number of aryl methyl sites for hydroxylation is 1. The molecule has 19 heavy (non-hydrogen) atoms. The molecular weight excluding hydrogens is 240 g/mol. The zero-order valence-electron chi connectivity index (χ0n) is 12.7. The number of unbranched alkanes of at least 4 members (excludes halogenated alkanes) is 1. The van der Waals surface area contributed by atoms with Crippen LogP contribution in [-0.4, -0.2) is 17.3 Å². The highest BCUT2D eigenvalue weighted by Crippen LogP contribution is 2.39. The Labute approximate surface area is 116 Å². The van der Waals surface area contributed by atoms with Crippen molar-refractivity contribution in [1.82, 2.24) is 0 Å². The van der Waals surface area contributed by atoms with Crippen molar-refractivity contribution in [2.75, 3.05) is 0 Å². The molecule has 0 saturated carbocycles. The Morgan fingerprint density at radius 2 is 1.47 bits per heavy atom. The molecule has 0 aliphatic rings. The van der Waals surface area contributed by atoms with E-state index in [2.05, 4.69) is 6.92 Å². The molecule has 1 N–H and O–H groups in total. The summed E-state index contributed by atoms with van der Waals surface area (Å²) in [5.41, 5.74) is 1.14. The maximum Gasteiger partial charge on any atom is 0.200 e. The summed E-state index contributed by atoms with van der Waals surface area (Å²) in [6.07, 6.45) is 3.28. The van der Waals surface area contributed by atoms with Gasteiger partial charge in [0.1, 0.15) is 0 Å². The molecule has 1 aromatic carbocycles. The van der Waals surface area contributed by atoms with Gasteiger partial charge in [-0.05, 0) is 58.2 Å². The van der Waals surface area contributed by atoms with Crippen molar-refractivity contribution in [3.8, 4) is 17.2 Å². The molecule has 0 atom stereocenters. The van der Waals surface area contributed by atoms with Gasteiger partial charge in [-0.15, -0.1) is 0 Å². The fraction of sp³-hybridized carbons (Fsp3) is 0.625. The van der Waals surface area contributed by atoms with E-state index in [0.29, 0.717) is 11.5 Å². The van der Waals surface area contributed by atoms with E-state index in [9.17, 15) is 5.11 Å². The van der Waals surface area contributed by atoms with E-state index < -0.39 is 0 Å². The molecule has 0 saturated heterocycles. The van der Waals surface area contributed by atoms with E-state index in [4.69, 9.17) is 9.47 Å². The molecule has 108 valence electrons. The van der Waals surface area contributed by atoms with Crippen LogP contribution in [0.25, 0.3) is 0 Å². The molecule has 0 radical (unpaired) electrons. The van der Waals surface area contributed by atoms with Gasteiger partial charge in [-0.2, -0.15) is 0 Å². The van der Waals surface area contributed by atoms with Gasteiger partial charge in [0.05, 0.1) is 12.2 Å². The Hall–Kier alpha value is -1.38. The maximum absolute atomic E-state index is 10.2. The third-order valence-electron chi connectivity index (χ3n) is 2.64. The lowest BCUT2D eigenvalue weighted by atomic mass is 10.1. The van der Waals surface area contributed by atoms with Gasteiger partial charge in [0, 0.05) is 0 Å². The first-order valence-corrected chi connectivity index (χ1v) is 7.13. The summed E-state index contributed by atoms with van der Waals surface area (Å²) in [5, 5.41) is 10.2. The highest BCUT2D eigenvalue weighted by Gasteiger charge is 2.14. The number of phenolic OH excluding ortho intramolecular Hbond substituents is 1. The first kappa shape index (κ1) is 15.7. The van der Waals surface area contributed by atoms with Crippen LogP contribution in [0.4, 0.5) is 0 Å². The molecule has 0 aliphatic heterocycles. The molecule has 0 aliphatic carbocycles. The maximum atomic E-state index is 10.2. The van der Waals surface area contributed by atoms with Gasteiger partial charge in [0.2, 0.25) is 5.75 Å². The molecule has 0 heterocycles. The zero-order valence-corrected chi connectivity index (χ0v) is 12.7. The minimum Gasteiger partial charge on any atom is -0.502 e. The average molecular weight is 266 g/mol. The molecule has 0 spiro atoms. The van der Waals surface area contributed by atoms with Crippen LogP contribution in [0.3, 0.4) is 0 Å². The Bertz CT molecular complexity index is 366. The van der Waals surface area contributed by atoms with E-state index >= 15 is 0 Å². The molecule has 3 nitrogen and oxygen atoms in total. The summed E-state index contributed by atoms with van der Waals surface area (Å²) >= 11 is 0. The second-order valence-electron chi connectivity index (χ2n) is 5.38. The predicted molar refractivity (Wildman–Crippen MR) is 78.2 cm³/mol. The van der Waals surface area contributed by atoms with Crippen LogP contribution in [0.15, 0.2) is 12.1 Å². The second-order valence-corrected chi connectivity index (χ2v) is 5.38. The number of hydrogen-bond acceptors (Lipinski definition) is 3. The Morgan fingerprint density at radius 1 is 1.00 bits per heavy atom. The number of aromatic hydroxyl groups is 1. The van der Waals surface area contributed by atoms with Crippen LogP contribution < -0.4 is 9.47 Å². The zero-order chi connectivity index (χ0) is 14.4. The van der Waals surface area contributed by atoms with Gasteiger partial charge >= 0.3 is 0 Å². The van der Waals surface area contributed by atoms with Crippen LogP contribution in [0.2, 0.25) is 0 Å². The SMILES string of the molecule is CCCCc1cc(OC(C)C)c(O)c(OC(C)C)c1. The van der Waals surface area contributed by atoms with Crippen molar-refractivity contribution in [2.24, 2.45) is 0 Å². The molecule has 3 heteroatoms. The predicted octanol–water partition coefficient (Wildman–Crippen LogP) is 4.31. The van der Waals surface area contributed by atoms with Gasteiger partial charge in [0.15, 0.2) is 11.5 Å². The monoisotopic (exact) mass is 266 g/mol. The fourth-order valence-corrected chi connectivity index (χ4v) is 1.85. The van der Waals surface area contributed by atoms with Gasteiger partial charge in [-0.3, -0.25) is 0 Å². The number of ether oxygens (including phenoxy) is 2. The van der Waals surface area contributed by atoms with Gasteiger partial charge in [-0.1, -0.05) is 13.3 Å². The highest BCUT2D eigenvalue weighted by atomic mass is 16.5. The highest BCUT2D eigenvalue weighted by molar-refractivity contribution is 5.53. The quantitative estimate of drug-likeness (QED) is 0.799. The van der Waals surface area contributed by atoms with Gasteiger partial charge in [-0.25, -0.2) is 0 Å². The number of benzene rings is 1. The van der Waals surface area contributed by atoms with Crippen molar-refractivity contribution in [3.05, 3.63) is 17.7 Å². The lowest BCUT2D eigenvalue weighted by Gasteiger charge is -2.18. The van der Waals surface area contributed by atoms with Crippen LogP contribution in [-0.2, 0) is 6.42 Å². The molecule has 0 fully saturated rings. The van der Waals surface area contributed by atoms with Crippen LogP contribution >= 0.6 is 0 Å². The summed E-state index contributed by atoms with van der Waals surface area (Å²) in [4.78, 5) is 0. The molecule has 0 bridgehead atoms. The Kier molecular flexibility index (Phi) is 6.00. The number of phenols is 1. The summed E-state index contributed by atoms with van der Waals surface area (Å²) in [5.74, 6) is 1.13. The number of rotatable bonds is 7. The van der Waals surface area contributed by atoms with Crippen molar-refractivity contribution < 1.29 is 14.6 Å². The van der Waals surface area contributed by atoms with Crippen LogP contribution in [0.1, 0.15) is 53.0 Å². The largest absolute Gasteiger partial charge is 0.502 e. The minimum absolute atomic E-state index is 0.0271. The van der Waals surface area contributed by atoms with E-state index in [0.717, 1.165) is 24.8 Å². The Balaban J connectivity index is 3.06. The topological polar surface area (TPSA) is 38.7 Å². The lowest BCUT2D eigenvalue weighted by Crippen LogP contribution is -2.09. The lowest BCUT2D eigenvalue weighted by molar-refractivity contribution is 0.211. The molecule has 0 amide bonds. The first-order chi connectivity index (χ1) is 8.93. The summed E-state index contributed by atoms with van der Waals surface area (Å²) in [6.45, 7) is 9.95. The van der Waals surface area contributed by atoms with Crippen molar-refractivity contribution in [2.45, 2.75) is 66.1 Å². The van der Waals surface area contributed by atoms with Crippen molar-refractivity contribution in [1.29, 1.82) is 0 Å².